The van der Waals surface area contributed by atoms with E-state index < -0.39 is 32.4 Å². The molecule has 1 N–H and O–H groups in total. The van der Waals surface area contributed by atoms with Gasteiger partial charge in [0.1, 0.15) is 5.52 Å². The summed E-state index contributed by atoms with van der Waals surface area (Å²) in [6.07, 6.45) is -0.291. The Kier molecular flexibility index (Phi) is 5.90. The summed E-state index contributed by atoms with van der Waals surface area (Å²) in [6.45, 7) is -0.173. The lowest BCUT2D eigenvalue weighted by Crippen LogP contribution is -2.34. The summed E-state index contributed by atoms with van der Waals surface area (Å²) in [5.41, 5.74) is 0.457. The van der Waals surface area contributed by atoms with Gasteiger partial charge in [-0.15, -0.1) is 5.10 Å². The molecular formula is C18H16BrN3O5S. The predicted molar refractivity (Wildman–Crippen MR) is 107 cm³/mol. The van der Waals surface area contributed by atoms with Crippen molar-refractivity contribution >= 4 is 42.6 Å². The average molecular weight is 466 g/mol. The summed E-state index contributed by atoms with van der Waals surface area (Å²) in [5, 5.41) is 15.8. The highest BCUT2D eigenvalue weighted by atomic mass is 79.9. The number of aryl methyl sites for hydroxylation is 1. The molecule has 1 atom stereocenters. The SMILES string of the molecule is O=C(O)C(CCn1nnc2ccccc2c1=O)S(=O)(=O)Cc1ccc(Br)cc1. The van der Waals surface area contributed by atoms with Gasteiger partial charge in [-0.1, -0.05) is 45.4 Å². The maximum atomic E-state index is 12.6. The van der Waals surface area contributed by atoms with Crippen molar-refractivity contribution in [3.63, 3.8) is 0 Å². The van der Waals surface area contributed by atoms with Gasteiger partial charge in [0.25, 0.3) is 5.56 Å². The van der Waals surface area contributed by atoms with Crippen LogP contribution in [0.5, 0.6) is 0 Å². The molecule has 0 aliphatic heterocycles. The van der Waals surface area contributed by atoms with Gasteiger partial charge in [0.15, 0.2) is 15.1 Å². The number of benzene rings is 2. The lowest BCUT2D eigenvalue weighted by Gasteiger charge is -2.14. The van der Waals surface area contributed by atoms with Crippen LogP contribution in [0.4, 0.5) is 0 Å². The third-order valence-electron chi connectivity index (χ3n) is 4.22. The normalized spacial score (nSPS) is 12.8. The topological polar surface area (TPSA) is 119 Å². The van der Waals surface area contributed by atoms with E-state index in [2.05, 4.69) is 26.2 Å². The minimum absolute atomic E-state index is 0.173. The van der Waals surface area contributed by atoms with Crippen molar-refractivity contribution in [2.24, 2.45) is 0 Å². The zero-order chi connectivity index (χ0) is 20.3. The number of aliphatic carboxylic acids is 1. The van der Waals surface area contributed by atoms with E-state index in [0.29, 0.717) is 16.5 Å². The molecule has 3 aromatic rings. The molecule has 0 spiro atoms. The van der Waals surface area contributed by atoms with Crippen LogP contribution in [-0.4, -0.2) is 39.7 Å². The zero-order valence-corrected chi connectivity index (χ0v) is 16.9. The molecule has 8 nitrogen and oxygen atoms in total. The second kappa shape index (κ2) is 8.19. The van der Waals surface area contributed by atoms with Crippen LogP contribution in [0.2, 0.25) is 0 Å². The predicted octanol–water partition coefficient (Wildman–Crippen LogP) is 2.01. The smallest absolute Gasteiger partial charge is 0.321 e. The van der Waals surface area contributed by atoms with Crippen LogP contribution in [0.15, 0.2) is 57.8 Å². The average Bonchev–Trinajstić information content (AvgIpc) is 2.65. The Balaban J connectivity index is 1.81. The van der Waals surface area contributed by atoms with E-state index in [1.54, 1.807) is 48.5 Å². The minimum atomic E-state index is -3.99. The second-order valence-corrected chi connectivity index (χ2v) is 9.28. The summed E-state index contributed by atoms with van der Waals surface area (Å²) in [4.78, 5) is 24.0. The molecule has 3 rings (SSSR count). The number of rotatable bonds is 7. The van der Waals surface area contributed by atoms with Crippen LogP contribution in [0.1, 0.15) is 12.0 Å². The van der Waals surface area contributed by atoms with Gasteiger partial charge in [-0.05, 0) is 36.2 Å². The quantitative estimate of drug-likeness (QED) is 0.566. The van der Waals surface area contributed by atoms with Crippen molar-refractivity contribution < 1.29 is 18.3 Å². The van der Waals surface area contributed by atoms with Crippen molar-refractivity contribution in [1.29, 1.82) is 0 Å². The molecule has 28 heavy (non-hydrogen) atoms. The number of sulfone groups is 1. The lowest BCUT2D eigenvalue weighted by molar-refractivity contribution is -0.136. The number of carboxylic acid groups (broad SMARTS) is 1. The van der Waals surface area contributed by atoms with Crippen LogP contribution in [0.3, 0.4) is 0 Å². The molecule has 0 bridgehead atoms. The molecule has 2 aromatic carbocycles. The maximum absolute atomic E-state index is 12.6. The molecule has 0 aliphatic rings. The van der Waals surface area contributed by atoms with Gasteiger partial charge < -0.3 is 5.11 Å². The number of carbonyl (C=O) groups is 1. The molecule has 10 heteroatoms. The number of fused-ring (bicyclic) bond motifs is 1. The Labute approximate surface area is 168 Å². The van der Waals surface area contributed by atoms with Crippen molar-refractivity contribution in [2.45, 2.75) is 24.0 Å². The van der Waals surface area contributed by atoms with Crippen LogP contribution in [0.25, 0.3) is 10.9 Å². The van der Waals surface area contributed by atoms with E-state index in [-0.39, 0.29) is 13.0 Å². The third-order valence-corrected chi connectivity index (χ3v) is 6.79. The highest BCUT2D eigenvalue weighted by molar-refractivity contribution is 9.10. The lowest BCUT2D eigenvalue weighted by atomic mass is 10.2. The fraction of sp³-hybridized carbons (Fsp3) is 0.222. The van der Waals surface area contributed by atoms with Crippen molar-refractivity contribution in [2.75, 3.05) is 0 Å². The molecule has 0 aliphatic carbocycles. The van der Waals surface area contributed by atoms with E-state index >= 15 is 0 Å². The van der Waals surface area contributed by atoms with E-state index in [1.165, 1.54) is 0 Å². The molecule has 1 heterocycles. The van der Waals surface area contributed by atoms with Crippen molar-refractivity contribution in [1.82, 2.24) is 15.0 Å². The molecule has 0 saturated carbocycles. The fourth-order valence-corrected chi connectivity index (χ4v) is 4.67. The van der Waals surface area contributed by atoms with Gasteiger partial charge in [-0.3, -0.25) is 9.59 Å². The van der Waals surface area contributed by atoms with E-state index in [0.717, 1.165) is 9.15 Å². The highest BCUT2D eigenvalue weighted by Crippen LogP contribution is 2.17. The fourth-order valence-electron chi connectivity index (χ4n) is 2.78. The molecule has 0 amide bonds. The first-order chi connectivity index (χ1) is 13.3. The molecule has 0 radical (unpaired) electrons. The Bertz CT molecular complexity index is 1180. The van der Waals surface area contributed by atoms with E-state index in [1.807, 2.05) is 0 Å². The molecular weight excluding hydrogens is 450 g/mol. The number of aromatic nitrogens is 3. The standard InChI is InChI=1S/C18H16BrN3O5S/c19-13-7-5-12(6-8-13)11-28(26,27)16(18(24)25)9-10-22-17(23)14-3-1-2-4-15(14)20-21-22/h1-8,16H,9-11H2,(H,24,25). The number of halogens is 1. The van der Waals surface area contributed by atoms with Gasteiger partial charge in [-0.2, -0.15) is 0 Å². The van der Waals surface area contributed by atoms with Crippen molar-refractivity contribution in [3.05, 3.63) is 68.9 Å². The molecule has 1 aromatic heterocycles. The first-order valence-electron chi connectivity index (χ1n) is 8.29. The van der Waals surface area contributed by atoms with Crippen LogP contribution >= 0.6 is 15.9 Å². The minimum Gasteiger partial charge on any atom is -0.480 e. The van der Waals surface area contributed by atoms with Gasteiger partial charge in [0.2, 0.25) is 0 Å². The zero-order valence-electron chi connectivity index (χ0n) is 14.5. The summed E-state index contributed by atoms with van der Waals surface area (Å²) >= 11 is 3.26. The van der Waals surface area contributed by atoms with Gasteiger partial charge >= 0.3 is 5.97 Å². The molecule has 1 unspecified atom stereocenters. The maximum Gasteiger partial charge on any atom is 0.321 e. The second-order valence-electron chi connectivity index (χ2n) is 6.18. The highest BCUT2D eigenvalue weighted by Gasteiger charge is 2.32. The first kappa shape index (κ1) is 20.2. The summed E-state index contributed by atoms with van der Waals surface area (Å²) in [7, 11) is -3.99. The van der Waals surface area contributed by atoms with Crippen LogP contribution < -0.4 is 5.56 Å². The largest absolute Gasteiger partial charge is 0.480 e. The number of hydrogen-bond acceptors (Lipinski definition) is 6. The molecule has 0 fully saturated rings. The van der Waals surface area contributed by atoms with Crippen molar-refractivity contribution in [3.8, 4) is 0 Å². The number of nitrogens with zero attached hydrogens (tertiary/aromatic N) is 3. The van der Waals surface area contributed by atoms with Gasteiger partial charge in [0, 0.05) is 11.0 Å². The summed E-state index contributed by atoms with van der Waals surface area (Å²) < 4.78 is 27.0. The van der Waals surface area contributed by atoms with E-state index in [9.17, 15) is 23.1 Å². The molecule has 0 saturated heterocycles. The van der Waals surface area contributed by atoms with E-state index in [4.69, 9.17) is 0 Å². The molecule has 146 valence electrons. The number of carboxylic acids is 1. The Morgan fingerprint density at radius 2 is 1.82 bits per heavy atom. The van der Waals surface area contributed by atoms with Gasteiger partial charge in [-0.25, -0.2) is 13.1 Å². The number of hydrogen-bond donors (Lipinski definition) is 1. The Morgan fingerprint density at radius 1 is 1.14 bits per heavy atom. The van der Waals surface area contributed by atoms with Gasteiger partial charge in [0.05, 0.1) is 11.1 Å². The Morgan fingerprint density at radius 3 is 2.50 bits per heavy atom. The first-order valence-corrected chi connectivity index (χ1v) is 10.8. The summed E-state index contributed by atoms with van der Waals surface area (Å²) in [5.74, 6) is -1.87. The monoisotopic (exact) mass is 465 g/mol. The van der Waals surface area contributed by atoms with Crippen LogP contribution in [0, 0.1) is 0 Å². The summed E-state index contributed by atoms with van der Waals surface area (Å²) in [6, 6.07) is 13.2. The Hall–Kier alpha value is -2.59. The van der Waals surface area contributed by atoms with Crippen LogP contribution in [-0.2, 0) is 26.9 Å². The third kappa shape index (κ3) is 4.45.